The predicted octanol–water partition coefficient (Wildman–Crippen LogP) is 1.73. The molecule has 2 atom stereocenters. The van der Waals surface area contributed by atoms with Gasteiger partial charge in [0.15, 0.2) is 0 Å². The van der Waals surface area contributed by atoms with E-state index < -0.39 is 4.92 Å². The summed E-state index contributed by atoms with van der Waals surface area (Å²) < 4.78 is 0. The largest absolute Gasteiger partial charge is 0.330 e. The van der Waals surface area contributed by atoms with Gasteiger partial charge in [-0.25, -0.2) is 0 Å². The first-order valence-electron chi connectivity index (χ1n) is 6.71. The van der Waals surface area contributed by atoms with Crippen molar-refractivity contribution in [2.24, 2.45) is 0 Å². The Labute approximate surface area is 117 Å². The third-order valence-corrected chi connectivity index (χ3v) is 3.73. The van der Waals surface area contributed by atoms with Crippen molar-refractivity contribution in [2.75, 3.05) is 13.1 Å². The summed E-state index contributed by atoms with van der Waals surface area (Å²) in [4.78, 5) is 25.2. The van der Waals surface area contributed by atoms with Crippen molar-refractivity contribution in [3.63, 3.8) is 0 Å². The molecule has 108 valence electrons. The van der Waals surface area contributed by atoms with E-state index >= 15 is 0 Å². The van der Waals surface area contributed by atoms with Crippen LogP contribution in [0.3, 0.4) is 0 Å². The van der Waals surface area contributed by atoms with Crippen LogP contribution in [0.2, 0.25) is 0 Å². The molecule has 2 rings (SSSR count). The number of carbonyl (C=O) groups is 1. The summed E-state index contributed by atoms with van der Waals surface area (Å²) in [7, 11) is 0. The van der Waals surface area contributed by atoms with E-state index in [1.807, 2.05) is 13.8 Å². The Balaban J connectivity index is 2.45. The molecule has 6 heteroatoms. The summed E-state index contributed by atoms with van der Waals surface area (Å²) in [6.07, 6.45) is 0. The van der Waals surface area contributed by atoms with Gasteiger partial charge in [0, 0.05) is 31.2 Å². The summed E-state index contributed by atoms with van der Waals surface area (Å²) in [5.74, 6) is -0.253. The van der Waals surface area contributed by atoms with Crippen molar-refractivity contribution >= 4 is 11.6 Å². The molecule has 6 nitrogen and oxygen atoms in total. The van der Waals surface area contributed by atoms with Gasteiger partial charge in [0.2, 0.25) is 0 Å². The van der Waals surface area contributed by atoms with Crippen LogP contribution in [0.5, 0.6) is 0 Å². The fourth-order valence-corrected chi connectivity index (χ4v) is 2.74. The summed E-state index contributed by atoms with van der Waals surface area (Å²) in [5, 5.41) is 14.4. The highest BCUT2D eigenvalue weighted by molar-refractivity contribution is 6.00. The normalized spacial score (nSPS) is 22.6. The van der Waals surface area contributed by atoms with Gasteiger partial charge in [0.05, 0.1) is 4.92 Å². The van der Waals surface area contributed by atoms with Gasteiger partial charge in [0.25, 0.3) is 11.6 Å². The van der Waals surface area contributed by atoms with Crippen molar-refractivity contribution in [2.45, 2.75) is 32.9 Å². The van der Waals surface area contributed by atoms with Gasteiger partial charge in [-0.15, -0.1) is 0 Å². The van der Waals surface area contributed by atoms with Crippen LogP contribution in [0.15, 0.2) is 18.2 Å². The standard InChI is InChI=1S/C14H19N3O3/c1-9-5-4-6-12(17(19)20)13(9)14(18)16-10(2)7-15-8-11(16)3/h4-6,10-11,15H,7-8H2,1-3H3. The Morgan fingerprint density at radius 2 is 1.95 bits per heavy atom. The molecule has 0 bridgehead atoms. The lowest BCUT2D eigenvalue weighted by Crippen LogP contribution is -2.57. The topological polar surface area (TPSA) is 75.5 Å². The zero-order valence-corrected chi connectivity index (χ0v) is 11.9. The second-order valence-corrected chi connectivity index (χ2v) is 5.29. The van der Waals surface area contributed by atoms with Crippen molar-refractivity contribution in [3.05, 3.63) is 39.4 Å². The Morgan fingerprint density at radius 3 is 2.50 bits per heavy atom. The van der Waals surface area contributed by atoms with Crippen LogP contribution >= 0.6 is 0 Å². The van der Waals surface area contributed by atoms with Crippen LogP contribution in [0.1, 0.15) is 29.8 Å². The minimum absolute atomic E-state index is 0.0189. The molecule has 1 fully saturated rings. The van der Waals surface area contributed by atoms with E-state index in [2.05, 4.69) is 5.32 Å². The lowest BCUT2D eigenvalue weighted by molar-refractivity contribution is -0.385. The average Bonchev–Trinajstić information content (AvgIpc) is 2.37. The number of benzene rings is 1. The lowest BCUT2D eigenvalue weighted by atomic mass is 10.0. The number of nitro groups is 1. The molecule has 1 aromatic rings. The first kappa shape index (κ1) is 14.5. The molecule has 1 aromatic carbocycles. The van der Waals surface area contributed by atoms with Gasteiger partial charge >= 0.3 is 0 Å². The van der Waals surface area contributed by atoms with E-state index in [9.17, 15) is 14.9 Å². The van der Waals surface area contributed by atoms with E-state index in [0.717, 1.165) is 0 Å². The molecule has 0 radical (unpaired) electrons. The molecular weight excluding hydrogens is 258 g/mol. The molecule has 0 aromatic heterocycles. The molecule has 1 amide bonds. The van der Waals surface area contributed by atoms with Crippen molar-refractivity contribution < 1.29 is 9.72 Å². The van der Waals surface area contributed by atoms with Crippen LogP contribution in [-0.2, 0) is 0 Å². The van der Waals surface area contributed by atoms with E-state index in [1.165, 1.54) is 6.07 Å². The number of nitrogens with zero attached hydrogens (tertiary/aromatic N) is 2. The number of nitrogens with one attached hydrogen (secondary N) is 1. The summed E-state index contributed by atoms with van der Waals surface area (Å²) in [6, 6.07) is 4.76. The van der Waals surface area contributed by atoms with E-state index in [4.69, 9.17) is 0 Å². The van der Waals surface area contributed by atoms with Crippen LogP contribution < -0.4 is 5.32 Å². The van der Waals surface area contributed by atoms with Gasteiger partial charge < -0.3 is 10.2 Å². The smallest absolute Gasteiger partial charge is 0.282 e. The first-order chi connectivity index (χ1) is 9.43. The maximum absolute atomic E-state index is 12.8. The average molecular weight is 277 g/mol. The Hall–Kier alpha value is -1.95. The number of aryl methyl sites for hydroxylation is 1. The molecule has 1 aliphatic rings. The molecule has 0 aliphatic carbocycles. The highest BCUT2D eigenvalue weighted by atomic mass is 16.6. The number of carbonyl (C=O) groups excluding carboxylic acids is 1. The van der Waals surface area contributed by atoms with Gasteiger partial charge in [-0.05, 0) is 26.3 Å². The Kier molecular flexibility index (Phi) is 4.04. The Morgan fingerprint density at radius 1 is 1.35 bits per heavy atom. The number of amides is 1. The highest BCUT2D eigenvalue weighted by Crippen LogP contribution is 2.25. The van der Waals surface area contributed by atoms with Gasteiger partial charge in [-0.1, -0.05) is 12.1 Å². The molecule has 0 saturated carbocycles. The second kappa shape index (κ2) is 5.58. The van der Waals surface area contributed by atoms with Crippen LogP contribution in [0.25, 0.3) is 0 Å². The number of piperazine rings is 1. The molecule has 0 spiro atoms. The van der Waals surface area contributed by atoms with Crippen LogP contribution in [0.4, 0.5) is 5.69 Å². The molecule has 20 heavy (non-hydrogen) atoms. The zero-order valence-electron chi connectivity index (χ0n) is 11.9. The molecule has 1 saturated heterocycles. The fourth-order valence-electron chi connectivity index (χ4n) is 2.74. The van der Waals surface area contributed by atoms with E-state index in [-0.39, 0.29) is 29.2 Å². The monoisotopic (exact) mass is 277 g/mol. The molecule has 1 N–H and O–H groups in total. The van der Waals surface area contributed by atoms with Crippen LogP contribution in [0, 0.1) is 17.0 Å². The molecular formula is C14H19N3O3. The number of hydrogen-bond acceptors (Lipinski definition) is 4. The lowest BCUT2D eigenvalue weighted by Gasteiger charge is -2.39. The minimum atomic E-state index is -0.488. The minimum Gasteiger partial charge on any atom is -0.330 e. The van der Waals surface area contributed by atoms with Gasteiger partial charge in [-0.3, -0.25) is 14.9 Å². The van der Waals surface area contributed by atoms with Crippen molar-refractivity contribution in [1.82, 2.24) is 10.2 Å². The molecule has 1 heterocycles. The summed E-state index contributed by atoms with van der Waals surface area (Å²) in [6.45, 7) is 7.04. The quantitative estimate of drug-likeness (QED) is 0.659. The number of rotatable bonds is 2. The summed E-state index contributed by atoms with van der Waals surface area (Å²) in [5.41, 5.74) is 0.730. The van der Waals surface area contributed by atoms with Crippen molar-refractivity contribution in [3.8, 4) is 0 Å². The number of nitro benzene ring substituents is 1. The van der Waals surface area contributed by atoms with E-state index in [0.29, 0.717) is 18.7 Å². The number of hydrogen-bond donors (Lipinski definition) is 1. The first-order valence-corrected chi connectivity index (χ1v) is 6.71. The highest BCUT2D eigenvalue weighted by Gasteiger charge is 2.33. The second-order valence-electron chi connectivity index (χ2n) is 5.29. The maximum atomic E-state index is 12.8. The molecule has 1 aliphatic heterocycles. The van der Waals surface area contributed by atoms with Gasteiger partial charge in [0.1, 0.15) is 5.56 Å². The molecule has 2 unspecified atom stereocenters. The van der Waals surface area contributed by atoms with Crippen LogP contribution in [-0.4, -0.2) is 40.9 Å². The predicted molar refractivity (Wildman–Crippen MR) is 75.8 cm³/mol. The summed E-state index contributed by atoms with van der Waals surface area (Å²) >= 11 is 0. The maximum Gasteiger partial charge on any atom is 0.282 e. The third kappa shape index (κ3) is 2.51. The van der Waals surface area contributed by atoms with Crippen molar-refractivity contribution in [1.29, 1.82) is 0 Å². The fraction of sp³-hybridized carbons (Fsp3) is 0.500. The SMILES string of the molecule is Cc1cccc([N+](=O)[O-])c1C(=O)N1C(C)CNCC1C. The van der Waals surface area contributed by atoms with Gasteiger partial charge in [-0.2, -0.15) is 0 Å². The zero-order chi connectivity index (χ0) is 14.9. The third-order valence-electron chi connectivity index (χ3n) is 3.73. The Bertz CT molecular complexity index is 534. The van der Waals surface area contributed by atoms with E-state index in [1.54, 1.807) is 24.0 Å².